The van der Waals surface area contributed by atoms with Crippen LogP contribution in [-0.4, -0.2) is 0 Å². The molecule has 0 spiro atoms. The quantitative estimate of drug-likeness (QED) is 0.167. The maximum Gasteiger partial charge on any atom is 0.0540 e. The van der Waals surface area contributed by atoms with Crippen molar-refractivity contribution in [1.29, 1.82) is 0 Å². The highest BCUT2D eigenvalue weighted by molar-refractivity contribution is 7.25. The van der Waals surface area contributed by atoms with E-state index in [9.17, 15) is 0 Å². The van der Waals surface area contributed by atoms with Crippen molar-refractivity contribution >= 4 is 81.8 Å². The first kappa shape index (κ1) is 29.0. The normalized spacial score (nSPS) is 12.8. The topological polar surface area (TPSA) is 3.24 Å². The highest BCUT2D eigenvalue weighted by Gasteiger charge is 2.20. The van der Waals surface area contributed by atoms with E-state index in [1.165, 1.54) is 75.1 Å². The van der Waals surface area contributed by atoms with Crippen LogP contribution in [-0.2, 0) is 6.42 Å². The van der Waals surface area contributed by atoms with Gasteiger partial charge in [0.1, 0.15) is 0 Å². The number of aryl methyl sites for hydroxylation is 1. The lowest BCUT2D eigenvalue weighted by atomic mass is 9.86. The van der Waals surface area contributed by atoms with Crippen molar-refractivity contribution in [2.24, 2.45) is 0 Å². The molecule has 0 bridgehead atoms. The Morgan fingerprint density at radius 2 is 1.18 bits per heavy atom. The van der Waals surface area contributed by atoms with Gasteiger partial charge in [-0.05, 0) is 105 Å². The number of allylic oxidation sites excluding steroid dienone is 1. The van der Waals surface area contributed by atoms with Crippen molar-refractivity contribution in [3.63, 3.8) is 0 Å². The fourth-order valence-corrected chi connectivity index (χ4v) is 9.06. The molecule has 0 aliphatic heterocycles. The van der Waals surface area contributed by atoms with E-state index in [2.05, 4.69) is 181 Å². The van der Waals surface area contributed by atoms with E-state index in [1.807, 2.05) is 11.3 Å². The van der Waals surface area contributed by atoms with Gasteiger partial charge in [-0.15, -0.1) is 11.3 Å². The van der Waals surface area contributed by atoms with Crippen molar-refractivity contribution in [3.8, 4) is 11.1 Å². The van der Waals surface area contributed by atoms with Gasteiger partial charge in [0.25, 0.3) is 0 Å². The van der Waals surface area contributed by atoms with Crippen molar-refractivity contribution in [2.45, 2.75) is 12.8 Å². The van der Waals surface area contributed by atoms with Crippen LogP contribution in [0.15, 0.2) is 170 Å². The maximum atomic E-state index is 2.46. The second-order valence-corrected chi connectivity index (χ2v) is 14.3. The molecule has 0 saturated heterocycles. The summed E-state index contributed by atoms with van der Waals surface area (Å²) < 4.78 is 2.73. The first-order valence-electron chi connectivity index (χ1n) is 17.4. The number of hydrogen-bond acceptors (Lipinski definition) is 2. The molecule has 2 heteroatoms. The van der Waals surface area contributed by atoms with Crippen molar-refractivity contribution in [1.82, 2.24) is 0 Å². The zero-order chi connectivity index (χ0) is 33.0. The minimum atomic E-state index is 1.04. The zero-order valence-corrected chi connectivity index (χ0v) is 28.3. The third-order valence-corrected chi connectivity index (χ3v) is 11.5. The Kier molecular flexibility index (Phi) is 6.89. The molecule has 1 aliphatic carbocycles. The van der Waals surface area contributed by atoms with E-state index in [1.54, 1.807) is 0 Å². The highest BCUT2D eigenvalue weighted by Crippen LogP contribution is 2.44. The Labute approximate surface area is 296 Å². The van der Waals surface area contributed by atoms with Crippen molar-refractivity contribution < 1.29 is 0 Å². The van der Waals surface area contributed by atoms with Crippen LogP contribution in [0.2, 0.25) is 0 Å². The molecule has 0 fully saturated rings. The van der Waals surface area contributed by atoms with Crippen LogP contribution in [0.5, 0.6) is 0 Å². The highest BCUT2D eigenvalue weighted by atomic mass is 32.1. The number of thiophene rings is 1. The van der Waals surface area contributed by atoms with Crippen LogP contribution < -0.4 is 4.90 Å². The maximum absolute atomic E-state index is 2.46. The molecule has 50 heavy (non-hydrogen) atoms. The van der Waals surface area contributed by atoms with Crippen molar-refractivity contribution in [2.75, 3.05) is 4.90 Å². The Balaban J connectivity index is 1.11. The minimum Gasteiger partial charge on any atom is -0.310 e. The van der Waals surface area contributed by atoms with Gasteiger partial charge in [-0.1, -0.05) is 133 Å². The lowest BCUT2D eigenvalue weighted by molar-refractivity contribution is 1.01. The smallest absolute Gasteiger partial charge is 0.0540 e. The SMILES string of the molecule is C1=C(c2ccc(N(c3ccc4c(ccc5ccccc54)c3)c3ccccc3-c3ccccc3)cc2)CCc2ccc3sc4ccccc4c3c21. The van der Waals surface area contributed by atoms with Crippen LogP contribution in [0, 0.1) is 0 Å². The average molecular weight is 656 g/mol. The average Bonchev–Trinajstić information content (AvgIpc) is 3.58. The predicted octanol–water partition coefficient (Wildman–Crippen LogP) is 14.0. The number of rotatable bonds is 5. The Morgan fingerprint density at radius 3 is 2.08 bits per heavy atom. The molecule has 0 unspecified atom stereocenters. The molecule has 10 rings (SSSR count). The molecular weight excluding hydrogens is 623 g/mol. The molecule has 9 aromatic rings. The third-order valence-electron chi connectivity index (χ3n) is 10.4. The van der Waals surface area contributed by atoms with Gasteiger partial charge < -0.3 is 4.90 Å². The molecule has 1 heterocycles. The summed E-state index contributed by atoms with van der Waals surface area (Å²) in [6.45, 7) is 0. The van der Waals surface area contributed by atoms with E-state index in [0.717, 1.165) is 29.9 Å². The Morgan fingerprint density at radius 1 is 0.460 bits per heavy atom. The summed E-state index contributed by atoms with van der Waals surface area (Å²) in [4.78, 5) is 2.42. The van der Waals surface area contributed by atoms with E-state index in [-0.39, 0.29) is 0 Å². The summed E-state index contributed by atoms with van der Waals surface area (Å²) in [5.74, 6) is 0. The second-order valence-electron chi connectivity index (χ2n) is 13.2. The van der Waals surface area contributed by atoms with E-state index in [0.29, 0.717) is 0 Å². The summed E-state index contributed by atoms with van der Waals surface area (Å²) in [6.07, 6.45) is 4.57. The summed E-state index contributed by atoms with van der Waals surface area (Å²) in [5, 5.41) is 7.83. The number of nitrogens with zero attached hydrogens (tertiary/aromatic N) is 1. The molecule has 0 saturated carbocycles. The van der Waals surface area contributed by atoms with Crippen LogP contribution in [0.1, 0.15) is 23.1 Å². The molecule has 0 atom stereocenters. The molecule has 8 aromatic carbocycles. The summed E-state index contributed by atoms with van der Waals surface area (Å²) in [5.41, 5.74) is 11.4. The Bertz CT molecular complexity index is 2750. The largest absolute Gasteiger partial charge is 0.310 e. The molecule has 1 aromatic heterocycles. The van der Waals surface area contributed by atoms with Crippen LogP contribution in [0.4, 0.5) is 17.1 Å². The first-order chi connectivity index (χ1) is 24.8. The van der Waals surface area contributed by atoms with Gasteiger partial charge in [-0.2, -0.15) is 0 Å². The standard InChI is InChI=1S/C48H33NS/c1-2-10-33(11-3-1)42-14-6-8-16-45(42)49(39-27-28-41-37(30-39)21-19-34-12-4-5-13-40(34)41)38-25-22-32(23-26-38)36-20-18-35-24-29-47-48(44(35)31-36)43-15-7-9-17-46(43)50-47/h1-17,19,21-31H,18,20H2. The monoisotopic (exact) mass is 655 g/mol. The molecular formula is C48H33NS. The molecule has 1 aliphatic rings. The number of benzene rings is 8. The van der Waals surface area contributed by atoms with Gasteiger partial charge in [0.2, 0.25) is 0 Å². The van der Waals surface area contributed by atoms with Gasteiger partial charge in [-0.25, -0.2) is 0 Å². The van der Waals surface area contributed by atoms with Crippen LogP contribution in [0.25, 0.3) is 64.5 Å². The van der Waals surface area contributed by atoms with E-state index in [4.69, 9.17) is 0 Å². The molecule has 0 radical (unpaired) electrons. The van der Waals surface area contributed by atoms with E-state index >= 15 is 0 Å². The van der Waals surface area contributed by atoms with Gasteiger partial charge in [0.05, 0.1) is 5.69 Å². The zero-order valence-electron chi connectivity index (χ0n) is 27.5. The molecule has 0 N–H and O–H groups in total. The number of para-hydroxylation sites is 1. The van der Waals surface area contributed by atoms with Gasteiger partial charge in [-0.3, -0.25) is 0 Å². The minimum absolute atomic E-state index is 1.04. The first-order valence-corrected chi connectivity index (χ1v) is 18.2. The van der Waals surface area contributed by atoms with Gasteiger partial charge in [0, 0.05) is 37.1 Å². The summed E-state index contributed by atoms with van der Waals surface area (Å²) >= 11 is 1.90. The molecule has 1 nitrogen and oxygen atoms in total. The fraction of sp³-hybridized carbons (Fsp3) is 0.0417. The number of fused-ring (bicyclic) bond motifs is 8. The molecule has 0 amide bonds. The third kappa shape index (κ3) is 4.83. The summed E-state index contributed by atoms with van der Waals surface area (Å²) in [7, 11) is 0. The number of hydrogen-bond donors (Lipinski definition) is 0. The van der Waals surface area contributed by atoms with Crippen LogP contribution in [0.3, 0.4) is 0 Å². The fourth-order valence-electron chi connectivity index (χ4n) is 7.93. The van der Waals surface area contributed by atoms with Gasteiger partial charge >= 0.3 is 0 Å². The Hall–Kier alpha value is -5.96. The lowest BCUT2D eigenvalue weighted by Gasteiger charge is -2.28. The van der Waals surface area contributed by atoms with E-state index < -0.39 is 0 Å². The predicted molar refractivity (Wildman–Crippen MR) is 217 cm³/mol. The van der Waals surface area contributed by atoms with Gasteiger partial charge in [0.15, 0.2) is 0 Å². The van der Waals surface area contributed by atoms with Crippen molar-refractivity contribution in [3.05, 3.63) is 187 Å². The van der Waals surface area contributed by atoms with Crippen LogP contribution >= 0.6 is 11.3 Å². The number of anilines is 3. The summed E-state index contributed by atoms with van der Waals surface area (Å²) in [6, 6.07) is 62.3. The lowest BCUT2D eigenvalue weighted by Crippen LogP contribution is -2.11. The second kappa shape index (κ2) is 11.9. The molecule has 236 valence electrons.